The summed E-state index contributed by atoms with van der Waals surface area (Å²) in [6.45, 7) is 6.47. The van der Waals surface area contributed by atoms with Crippen LogP contribution in [0.1, 0.15) is 32.0 Å². The number of nitrogens with zero attached hydrogens (tertiary/aromatic N) is 5. The molecule has 1 N–H and O–H groups in total. The van der Waals surface area contributed by atoms with E-state index in [-0.39, 0.29) is 19.3 Å². The molecule has 0 fully saturated rings. The second kappa shape index (κ2) is 8.92. The minimum atomic E-state index is -0.545. The summed E-state index contributed by atoms with van der Waals surface area (Å²) in [5.41, 5.74) is 3.79. The van der Waals surface area contributed by atoms with Gasteiger partial charge in [0.25, 0.3) is 0 Å². The Morgan fingerprint density at radius 2 is 2.12 bits per heavy atom. The predicted octanol–water partition coefficient (Wildman–Crippen LogP) is 3.27. The van der Waals surface area contributed by atoms with Gasteiger partial charge < -0.3 is 19.5 Å². The predicted molar refractivity (Wildman–Crippen MR) is 122 cm³/mol. The number of fused-ring (bicyclic) bond motifs is 1. The molecule has 33 heavy (non-hydrogen) atoms. The Hall–Kier alpha value is -3.90. The topological polar surface area (TPSA) is 113 Å². The average molecular weight is 447 g/mol. The number of pyridine rings is 2. The molecule has 1 amide bonds. The number of amides is 1. The van der Waals surface area contributed by atoms with Crippen LogP contribution in [-0.2, 0) is 4.74 Å². The van der Waals surface area contributed by atoms with Crippen LogP contribution in [0.15, 0.2) is 42.9 Å². The molecule has 170 valence electrons. The first-order valence-corrected chi connectivity index (χ1v) is 10.6. The summed E-state index contributed by atoms with van der Waals surface area (Å²) in [5.74, 6) is 0.523. The number of nitriles is 1. The van der Waals surface area contributed by atoms with Gasteiger partial charge in [-0.3, -0.25) is 4.98 Å². The Kier molecular flexibility index (Phi) is 6.03. The van der Waals surface area contributed by atoms with Crippen molar-refractivity contribution < 1.29 is 19.4 Å². The van der Waals surface area contributed by atoms with E-state index in [0.717, 1.165) is 22.4 Å². The molecular weight excluding hydrogens is 422 g/mol. The summed E-state index contributed by atoms with van der Waals surface area (Å²) in [5, 5.41) is 22.8. The zero-order valence-electron chi connectivity index (χ0n) is 18.8. The highest BCUT2D eigenvalue weighted by Crippen LogP contribution is 2.31. The molecule has 4 rings (SSSR count). The number of aliphatic hydroxyl groups is 1. The van der Waals surface area contributed by atoms with Gasteiger partial charge in [0.05, 0.1) is 42.3 Å². The van der Waals surface area contributed by atoms with Gasteiger partial charge in [-0.1, -0.05) is 12.1 Å². The van der Waals surface area contributed by atoms with E-state index < -0.39 is 5.60 Å². The second-order valence-electron chi connectivity index (χ2n) is 8.65. The Balaban J connectivity index is 1.59. The molecule has 0 atom stereocenters. The van der Waals surface area contributed by atoms with Gasteiger partial charge in [-0.05, 0) is 38.5 Å². The molecule has 0 aliphatic carbocycles. The van der Waals surface area contributed by atoms with E-state index in [1.54, 1.807) is 21.8 Å². The summed E-state index contributed by atoms with van der Waals surface area (Å²) < 4.78 is 12.6. The maximum Gasteiger partial charge on any atom is 0.410 e. The number of hydrogen-bond donors (Lipinski definition) is 1. The Morgan fingerprint density at radius 1 is 1.30 bits per heavy atom. The number of aromatic nitrogens is 3. The van der Waals surface area contributed by atoms with E-state index in [1.807, 2.05) is 45.0 Å². The molecule has 3 aromatic rings. The standard InChI is InChI=1S/C24H25N5O4/c1-24(2,3)33-23(31)28-7-6-17(14-28)21-5-4-16(12-26-21)20-10-19(32-9-8-30)15-29-22(20)18(11-25)13-27-29/h4-6,10,12-13,15,30H,7-9,14H2,1-3H3. The third kappa shape index (κ3) is 4.81. The highest BCUT2D eigenvalue weighted by molar-refractivity contribution is 5.85. The smallest absolute Gasteiger partial charge is 0.410 e. The summed E-state index contributed by atoms with van der Waals surface area (Å²) in [7, 11) is 0. The molecule has 0 saturated carbocycles. The molecule has 0 aromatic carbocycles. The van der Waals surface area contributed by atoms with Crippen molar-refractivity contribution in [1.29, 1.82) is 5.26 Å². The van der Waals surface area contributed by atoms with Crippen LogP contribution in [0.25, 0.3) is 22.2 Å². The summed E-state index contributed by atoms with van der Waals surface area (Å²) >= 11 is 0. The van der Waals surface area contributed by atoms with Crippen LogP contribution in [0.5, 0.6) is 5.75 Å². The second-order valence-corrected chi connectivity index (χ2v) is 8.65. The largest absolute Gasteiger partial charge is 0.490 e. The van der Waals surface area contributed by atoms with Crippen molar-refractivity contribution >= 4 is 17.2 Å². The van der Waals surface area contributed by atoms with E-state index in [9.17, 15) is 10.1 Å². The van der Waals surface area contributed by atoms with Gasteiger partial charge in [-0.25, -0.2) is 9.31 Å². The number of carbonyl (C=O) groups is 1. The Bertz CT molecular complexity index is 1250. The molecular formula is C24H25N5O4. The van der Waals surface area contributed by atoms with Crippen molar-refractivity contribution in [2.75, 3.05) is 26.3 Å². The van der Waals surface area contributed by atoms with E-state index in [1.165, 1.54) is 6.20 Å². The third-order valence-electron chi connectivity index (χ3n) is 5.04. The first-order valence-electron chi connectivity index (χ1n) is 10.6. The quantitative estimate of drug-likeness (QED) is 0.639. The van der Waals surface area contributed by atoms with Crippen molar-refractivity contribution in [3.63, 3.8) is 0 Å². The molecule has 9 nitrogen and oxygen atoms in total. The zero-order chi connectivity index (χ0) is 23.6. The van der Waals surface area contributed by atoms with E-state index in [2.05, 4.69) is 16.2 Å². The number of rotatable bonds is 5. The van der Waals surface area contributed by atoms with Gasteiger partial charge in [0.2, 0.25) is 0 Å². The minimum absolute atomic E-state index is 0.110. The van der Waals surface area contributed by atoms with Gasteiger partial charge >= 0.3 is 6.09 Å². The van der Waals surface area contributed by atoms with Crippen LogP contribution >= 0.6 is 0 Å². The Morgan fingerprint density at radius 3 is 2.79 bits per heavy atom. The number of ether oxygens (including phenoxy) is 2. The molecule has 0 spiro atoms. The third-order valence-corrected chi connectivity index (χ3v) is 5.04. The Labute approximate surface area is 191 Å². The fraction of sp³-hybridized carbons (Fsp3) is 0.333. The molecule has 1 aliphatic rings. The lowest BCUT2D eigenvalue weighted by Crippen LogP contribution is -2.35. The molecule has 0 bridgehead atoms. The van der Waals surface area contributed by atoms with Gasteiger partial charge in [0, 0.05) is 23.9 Å². The van der Waals surface area contributed by atoms with E-state index >= 15 is 0 Å². The molecule has 0 saturated heterocycles. The van der Waals surface area contributed by atoms with Crippen LogP contribution in [0.3, 0.4) is 0 Å². The van der Waals surface area contributed by atoms with Gasteiger partial charge in [-0.2, -0.15) is 10.4 Å². The molecule has 9 heteroatoms. The molecule has 0 unspecified atom stereocenters. The molecule has 4 heterocycles. The van der Waals surface area contributed by atoms with Crippen LogP contribution in [0.4, 0.5) is 4.79 Å². The normalized spacial score (nSPS) is 13.7. The maximum absolute atomic E-state index is 12.3. The molecule has 0 radical (unpaired) electrons. The fourth-order valence-electron chi connectivity index (χ4n) is 3.59. The number of carbonyl (C=O) groups excluding carboxylic acids is 1. The minimum Gasteiger partial charge on any atom is -0.490 e. The highest BCUT2D eigenvalue weighted by Gasteiger charge is 2.26. The summed E-state index contributed by atoms with van der Waals surface area (Å²) in [6.07, 6.45) is 6.53. The van der Waals surface area contributed by atoms with Gasteiger partial charge in [-0.15, -0.1) is 0 Å². The SMILES string of the molecule is CC(C)(C)OC(=O)N1CC=C(c2ccc(-c3cc(OCCO)cn4ncc(C#N)c34)cn2)C1. The molecule has 3 aromatic heterocycles. The monoisotopic (exact) mass is 447 g/mol. The van der Waals surface area contributed by atoms with Gasteiger partial charge in [0.1, 0.15) is 24.0 Å². The fourth-order valence-corrected chi connectivity index (χ4v) is 3.59. The van der Waals surface area contributed by atoms with E-state index in [0.29, 0.717) is 29.9 Å². The first-order chi connectivity index (χ1) is 15.8. The first kappa shape index (κ1) is 22.3. The van der Waals surface area contributed by atoms with Crippen molar-refractivity contribution in [2.24, 2.45) is 0 Å². The van der Waals surface area contributed by atoms with Crippen LogP contribution in [0.2, 0.25) is 0 Å². The highest BCUT2D eigenvalue weighted by atomic mass is 16.6. The average Bonchev–Trinajstić information content (AvgIpc) is 3.43. The zero-order valence-corrected chi connectivity index (χ0v) is 18.8. The van der Waals surface area contributed by atoms with Crippen molar-refractivity contribution in [1.82, 2.24) is 19.5 Å². The van der Waals surface area contributed by atoms with Crippen LogP contribution in [0, 0.1) is 11.3 Å². The van der Waals surface area contributed by atoms with Crippen LogP contribution < -0.4 is 4.74 Å². The van der Waals surface area contributed by atoms with Crippen molar-refractivity contribution in [3.8, 4) is 22.9 Å². The number of hydrogen-bond acceptors (Lipinski definition) is 7. The number of aliphatic hydroxyl groups excluding tert-OH is 1. The summed E-state index contributed by atoms with van der Waals surface area (Å²) in [6, 6.07) is 7.78. The van der Waals surface area contributed by atoms with Crippen molar-refractivity contribution in [3.05, 3.63) is 54.1 Å². The lowest BCUT2D eigenvalue weighted by atomic mass is 10.0. The maximum atomic E-state index is 12.3. The lowest BCUT2D eigenvalue weighted by molar-refractivity contribution is 0.0306. The van der Waals surface area contributed by atoms with Gasteiger partial charge in [0.15, 0.2) is 0 Å². The van der Waals surface area contributed by atoms with Crippen molar-refractivity contribution in [2.45, 2.75) is 26.4 Å². The van der Waals surface area contributed by atoms with E-state index in [4.69, 9.17) is 14.6 Å². The summed E-state index contributed by atoms with van der Waals surface area (Å²) in [4.78, 5) is 18.6. The van der Waals surface area contributed by atoms with Crippen LogP contribution in [-0.4, -0.2) is 62.6 Å². The lowest BCUT2D eigenvalue weighted by Gasteiger charge is -2.24. The molecule has 1 aliphatic heterocycles.